The Morgan fingerprint density at radius 3 is 2.52 bits per heavy atom. The summed E-state index contributed by atoms with van der Waals surface area (Å²) in [6.45, 7) is 6.72. The fraction of sp³-hybridized carbons (Fsp3) is 0.571. The van der Waals surface area contributed by atoms with E-state index in [4.69, 9.17) is 0 Å². The number of rotatable bonds is 7. The maximum atomic E-state index is 12.6. The molecular weight excluding hydrogens is 342 g/mol. The van der Waals surface area contributed by atoms with E-state index < -0.39 is 6.04 Å². The number of carbonyl (C=O) groups excluding carboxylic acids is 3. The highest BCUT2D eigenvalue weighted by Crippen LogP contribution is 2.18. The van der Waals surface area contributed by atoms with Gasteiger partial charge in [0.1, 0.15) is 6.04 Å². The largest absolute Gasteiger partial charge is 0.352 e. The van der Waals surface area contributed by atoms with Gasteiger partial charge in [0.2, 0.25) is 17.7 Å². The van der Waals surface area contributed by atoms with Crippen molar-refractivity contribution in [3.8, 4) is 0 Å². The minimum Gasteiger partial charge on any atom is -0.352 e. The Labute approximate surface area is 161 Å². The molecule has 148 valence electrons. The van der Waals surface area contributed by atoms with Crippen LogP contribution in [-0.2, 0) is 20.8 Å². The van der Waals surface area contributed by atoms with E-state index in [1.165, 1.54) is 0 Å². The first kappa shape index (κ1) is 20.9. The summed E-state index contributed by atoms with van der Waals surface area (Å²) in [7, 11) is 0. The summed E-state index contributed by atoms with van der Waals surface area (Å²) < 4.78 is 0. The van der Waals surface area contributed by atoms with Gasteiger partial charge in [0.25, 0.3) is 0 Å². The van der Waals surface area contributed by atoms with E-state index in [2.05, 4.69) is 10.6 Å². The molecule has 1 aromatic rings. The van der Waals surface area contributed by atoms with Crippen molar-refractivity contribution in [3.63, 3.8) is 0 Å². The van der Waals surface area contributed by atoms with Crippen molar-refractivity contribution in [2.24, 2.45) is 5.92 Å². The molecule has 3 atom stereocenters. The third kappa shape index (κ3) is 6.38. The number of hydrogen-bond donors (Lipinski definition) is 2. The van der Waals surface area contributed by atoms with Gasteiger partial charge in [-0.3, -0.25) is 14.4 Å². The molecule has 0 aliphatic carbocycles. The quantitative estimate of drug-likeness (QED) is 0.766. The van der Waals surface area contributed by atoms with Crippen LogP contribution in [0.15, 0.2) is 30.3 Å². The van der Waals surface area contributed by atoms with Gasteiger partial charge in [-0.05, 0) is 38.7 Å². The fourth-order valence-electron chi connectivity index (χ4n) is 3.17. The van der Waals surface area contributed by atoms with Crippen LogP contribution in [0.4, 0.5) is 0 Å². The van der Waals surface area contributed by atoms with Crippen LogP contribution in [-0.4, -0.2) is 47.8 Å². The number of piperidine rings is 1. The summed E-state index contributed by atoms with van der Waals surface area (Å²) in [6, 6.07) is 9.13. The van der Waals surface area contributed by atoms with Crippen LogP contribution < -0.4 is 10.6 Å². The van der Waals surface area contributed by atoms with Crippen LogP contribution in [0.25, 0.3) is 0 Å². The SMILES string of the molecule is CCC(C)NC(=O)C(C)NC(=O)C1CCCN(C(=O)Cc2ccccc2)C1. The maximum absolute atomic E-state index is 12.6. The number of amides is 3. The summed E-state index contributed by atoms with van der Waals surface area (Å²) in [5.41, 5.74) is 0.976. The number of nitrogens with zero attached hydrogens (tertiary/aromatic N) is 1. The summed E-state index contributed by atoms with van der Waals surface area (Å²) in [5, 5.41) is 5.67. The lowest BCUT2D eigenvalue weighted by molar-refractivity contribution is -0.136. The summed E-state index contributed by atoms with van der Waals surface area (Å²) in [5.74, 6) is -0.553. The van der Waals surface area contributed by atoms with E-state index in [9.17, 15) is 14.4 Å². The monoisotopic (exact) mass is 373 g/mol. The van der Waals surface area contributed by atoms with E-state index in [0.29, 0.717) is 19.5 Å². The van der Waals surface area contributed by atoms with Gasteiger partial charge in [0, 0.05) is 19.1 Å². The van der Waals surface area contributed by atoms with E-state index in [1.807, 2.05) is 44.2 Å². The number of nitrogens with one attached hydrogen (secondary N) is 2. The zero-order valence-electron chi connectivity index (χ0n) is 16.5. The smallest absolute Gasteiger partial charge is 0.242 e. The second kappa shape index (κ2) is 10.1. The van der Waals surface area contributed by atoms with Gasteiger partial charge in [0.15, 0.2) is 0 Å². The predicted octanol–water partition coefficient (Wildman–Crippen LogP) is 1.89. The lowest BCUT2D eigenvalue weighted by Crippen LogP contribution is -2.51. The molecule has 6 nitrogen and oxygen atoms in total. The first-order chi connectivity index (χ1) is 12.9. The molecule has 3 unspecified atom stereocenters. The molecular formula is C21H31N3O3. The standard InChI is InChI=1S/C21H31N3O3/c1-4-15(2)22-20(26)16(3)23-21(27)18-11-8-12-24(14-18)19(25)13-17-9-6-5-7-10-17/h5-7,9-10,15-16,18H,4,8,11-14H2,1-3H3,(H,22,26)(H,23,27). The molecule has 1 heterocycles. The molecule has 0 aromatic heterocycles. The van der Waals surface area contributed by atoms with Gasteiger partial charge >= 0.3 is 0 Å². The second-order valence-corrected chi connectivity index (χ2v) is 7.39. The van der Waals surface area contributed by atoms with E-state index >= 15 is 0 Å². The van der Waals surface area contributed by atoms with Crippen molar-refractivity contribution in [1.82, 2.24) is 15.5 Å². The molecule has 1 fully saturated rings. The normalized spacial score (nSPS) is 19.1. The summed E-state index contributed by atoms with van der Waals surface area (Å²) in [6.07, 6.45) is 2.73. The molecule has 27 heavy (non-hydrogen) atoms. The molecule has 1 saturated heterocycles. The highest BCUT2D eigenvalue weighted by molar-refractivity contribution is 5.89. The van der Waals surface area contributed by atoms with Crippen molar-refractivity contribution in [2.45, 2.75) is 58.5 Å². The Morgan fingerprint density at radius 2 is 1.85 bits per heavy atom. The molecule has 2 N–H and O–H groups in total. The zero-order chi connectivity index (χ0) is 19.8. The Balaban J connectivity index is 1.86. The van der Waals surface area contributed by atoms with Crippen LogP contribution in [0.5, 0.6) is 0 Å². The zero-order valence-corrected chi connectivity index (χ0v) is 16.5. The van der Waals surface area contributed by atoms with Crippen LogP contribution in [0.2, 0.25) is 0 Å². The predicted molar refractivity (Wildman–Crippen MR) is 105 cm³/mol. The topological polar surface area (TPSA) is 78.5 Å². The van der Waals surface area contributed by atoms with Crippen LogP contribution in [0.3, 0.4) is 0 Å². The highest BCUT2D eigenvalue weighted by atomic mass is 16.2. The molecule has 1 aliphatic heterocycles. The molecule has 0 spiro atoms. The average Bonchev–Trinajstić information content (AvgIpc) is 2.68. The van der Waals surface area contributed by atoms with E-state index in [1.54, 1.807) is 11.8 Å². The minimum absolute atomic E-state index is 0.0428. The minimum atomic E-state index is -0.582. The van der Waals surface area contributed by atoms with Crippen LogP contribution in [0.1, 0.15) is 45.6 Å². The molecule has 1 aliphatic rings. The molecule has 0 saturated carbocycles. The van der Waals surface area contributed by atoms with Crippen molar-refractivity contribution >= 4 is 17.7 Å². The molecule has 0 bridgehead atoms. The van der Waals surface area contributed by atoms with Crippen molar-refractivity contribution in [2.75, 3.05) is 13.1 Å². The Hall–Kier alpha value is -2.37. The fourth-order valence-corrected chi connectivity index (χ4v) is 3.17. The summed E-state index contributed by atoms with van der Waals surface area (Å²) >= 11 is 0. The average molecular weight is 373 g/mol. The number of benzene rings is 1. The third-order valence-electron chi connectivity index (χ3n) is 5.10. The van der Waals surface area contributed by atoms with Gasteiger partial charge in [0.05, 0.1) is 12.3 Å². The molecule has 3 amide bonds. The van der Waals surface area contributed by atoms with Crippen molar-refractivity contribution in [1.29, 1.82) is 0 Å². The van der Waals surface area contributed by atoms with Gasteiger partial charge < -0.3 is 15.5 Å². The Morgan fingerprint density at radius 1 is 1.15 bits per heavy atom. The Kier molecular flexibility index (Phi) is 7.82. The Bertz CT molecular complexity index is 647. The number of hydrogen-bond acceptors (Lipinski definition) is 3. The number of likely N-dealkylation sites (tertiary alicyclic amines) is 1. The van der Waals surface area contributed by atoms with Crippen LogP contribution >= 0.6 is 0 Å². The van der Waals surface area contributed by atoms with Crippen molar-refractivity contribution in [3.05, 3.63) is 35.9 Å². The first-order valence-corrected chi connectivity index (χ1v) is 9.83. The number of carbonyl (C=O) groups is 3. The summed E-state index contributed by atoms with van der Waals surface area (Å²) in [4.78, 5) is 39.0. The highest BCUT2D eigenvalue weighted by Gasteiger charge is 2.30. The van der Waals surface area contributed by atoms with Gasteiger partial charge in [-0.1, -0.05) is 37.3 Å². The second-order valence-electron chi connectivity index (χ2n) is 7.39. The van der Waals surface area contributed by atoms with Crippen LogP contribution in [0, 0.1) is 5.92 Å². The van der Waals surface area contributed by atoms with Gasteiger partial charge in [-0.15, -0.1) is 0 Å². The molecule has 0 radical (unpaired) electrons. The van der Waals surface area contributed by atoms with E-state index in [-0.39, 0.29) is 29.7 Å². The maximum Gasteiger partial charge on any atom is 0.242 e. The third-order valence-corrected chi connectivity index (χ3v) is 5.10. The molecule has 2 rings (SSSR count). The lowest BCUT2D eigenvalue weighted by atomic mass is 9.96. The first-order valence-electron chi connectivity index (χ1n) is 9.83. The van der Waals surface area contributed by atoms with Gasteiger partial charge in [-0.25, -0.2) is 0 Å². The van der Waals surface area contributed by atoms with Gasteiger partial charge in [-0.2, -0.15) is 0 Å². The molecule has 1 aromatic carbocycles. The van der Waals surface area contributed by atoms with Crippen molar-refractivity contribution < 1.29 is 14.4 Å². The lowest BCUT2D eigenvalue weighted by Gasteiger charge is -2.32. The van der Waals surface area contributed by atoms with E-state index in [0.717, 1.165) is 24.8 Å². The molecule has 6 heteroatoms.